The van der Waals surface area contributed by atoms with E-state index < -0.39 is 0 Å². The fourth-order valence-electron chi connectivity index (χ4n) is 3.65. The highest BCUT2D eigenvalue weighted by Gasteiger charge is 2.46. The molecule has 4 rings (SSSR count). The smallest absolute Gasteiger partial charge is 0.410 e. The molecule has 0 aromatic heterocycles. The highest BCUT2D eigenvalue weighted by molar-refractivity contribution is 5.68. The number of benzene rings is 2. The first-order valence-electron chi connectivity index (χ1n) is 9.56. The Kier molecular flexibility index (Phi) is 5.70. The summed E-state index contributed by atoms with van der Waals surface area (Å²) in [4.78, 5) is 14.5. The van der Waals surface area contributed by atoms with Gasteiger partial charge in [-0.1, -0.05) is 60.7 Å². The molecule has 0 bridgehead atoms. The molecule has 3 atom stereocenters. The van der Waals surface area contributed by atoms with Crippen molar-refractivity contribution >= 4 is 6.09 Å². The Bertz CT molecular complexity index is 732. The molecule has 2 aliphatic rings. The molecule has 5 nitrogen and oxygen atoms in total. The van der Waals surface area contributed by atoms with Crippen molar-refractivity contribution < 1.29 is 19.0 Å². The molecule has 0 spiro atoms. The standard InChI is InChI=1S/C22H25NO4/c24-22(27-15-18-10-5-2-6-11-18)23-13-7-12-19(21(23)20-16-26-20)25-14-17-8-3-1-4-9-17/h1-6,8-11,19-21H,7,12-16H2/t19-,20?,21-/m0/s1. The summed E-state index contributed by atoms with van der Waals surface area (Å²) in [5.74, 6) is 0. The summed E-state index contributed by atoms with van der Waals surface area (Å²) < 4.78 is 17.3. The zero-order chi connectivity index (χ0) is 18.5. The second kappa shape index (κ2) is 8.55. The van der Waals surface area contributed by atoms with Gasteiger partial charge in [0.1, 0.15) is 12.7 Å². The number of piperidine rings is 1. The molecule has 0 N–H and O–H groups in total. The normalized spacial score (nSPS) is 24.4. The zero-order valence-electron chi connectivity index (χ0n) is 15.3. The predicted molar refractivity (Wildman–Crippen MR) is 101 cm³/mol. The van der Waals surface area contributed by atoms with E-state index in [0.29, 0.717) is 19.8 Å². The molecule has 2 aromatic carbocycles. The molecular weight excluding hydrogens is 342 g/mol. The molecule has 0 saturated carbocycles. The van der Waals surface area contributed by atoms with E-state index in [1.54, 1.807) is 4.90 Å². The number of epoxide rings is 1. The van der Waals surface area contributed by atoms with Gasteiger partial charge in [0.2, 0.25) is 0 Å². The molecule has 27 heavy (non-hydrogen) atoms. The molecule has 2 heterocycles. The minimum atomic E-state index is -0.285. The maximum atomic E-state index is 12.7. The van der Waals surface area contributed by atoms with Gasteiger partial charge in [-0.15, -0.1) is 0 Å². The highest BCUT2D eigenvalue weighted by atomic mass is 16.6. The Hall–Kier alpha value is -2.37. The average molecular weight is 367 g/mol. The highest BCUT2D eigenvalue weighted by Crippen LogP contribution is 2.31. The SMILES string of the molecule is O=C(OCc1ccccc1)N1CCC[C@H](OCc2ccccc2)[C@H]1C1CO1. The van der Waals surface area contributed by atoms with Gasteiger partial charge in [-0.2, -0.15) is 0 Å². The number of hydrogen-bond donors (Lipinski definition) is 0. The minimum absolute atomic E-state index is 0.0317. The predicted octanol–water partition coefficient (Wildman–Crippen LogP) is 3.77. The third-order valence-electron chi connectivity index (χ3n) is 5.12. The molecule has 142 valence electrons. The van der Waals surface area contributed by atoms with Gasteiger partial charge in [0, 0.05) is 6.54 Å². The number of amides is 1. The third-order valence-corrected chi connectivity index (χ3v) is 5.12. The molecule has 2 aliphatic heterocycles. The van der Waals surface area contributed by atoms with Crippen LogP contribution in [0.5, 0.6) is 0 Å². The summed E-state index contributed by atoms with van der Waals surface area (Å²) in [5.41, 5.74) is 2.12. The van der Waals surface area contributed by atoms with E-state index in [4.69, 9.17) is 14.2 Å². The summed E-state index contributed by atoms with van der Waals surface area (Å²) in [6.07, 6.45) is 1.57. The van der Waals surface area contributed by atoms with Gasteiger partial charge in [-0.05, 0) is 24.0 Å². The number of rotatable bonds is 6. The van der Waals surface area contributed by atoms with Crippen molar-refractivity contribution in [1.82, 2.24) is 4.90 Å². The van der Waals surface area contributed by atoms with Gasteiger partial charge in [0.15, 0.2) is 0 Å². The summed E-state index contributed by atoms with van der Waals surface area (Å²) >= 11 is 0. The second-order valence-electron chi connectivity index (χ2n) is 7.07. The molecule has 0 aliphatic carbocycles. The van der Waals surface area contributed by atoms with Crippen molar-refractivity contribution in [3.63, 3.8) is 0 Å². The lowest BCUT2D eigenvalue weighted by atomic mass is 9.96. The van der Waals surface area contributed by atoms with Crippen molar-refractivity contribution in [2.45, 2.75) is 44.3 Å². The van der Waals surface area contributed by atoms with Crippen LogP contribution in [0.1, 0.15) is 24.0 Å². The Morgan fingerprint density at radius 1 is 1.00 bits per heavy atom. The van der Waals surface area contributed by atoms with Crippen LogP contribution in [0.3, 0.4) is 0 Å². The van der Waals surface area contributed by atoms with E-state index in [1.807, 2.05) is 48.5 Å². The summed E-state index contributed by atoms with van der Waals surface area (Å²) in [5, 5.41) is 0. The molecular formula is C22H25NO4. The monoisotopic (exact) mass is 367 g/mol. The van der Waals surface area contributed by atoms with Gasteiger partial charge >= 0.3 is 6.09 Å². The van der Waals surface area contributed by atoms with Crippen molar-refractivity contribution in [2.24, 2.45) is 0 Å². The molecule has 1 unspecified atom stereocenters. The Labute approximate surface area is 159 Å². The van der Waals surface area contributed by atoms with Crippen LogP contribution in [-0.2, 0) is 27.4 Å². The maximum absolute atomic E-state index is 12.7. The van der Waals surface area contributed by atoms with Crippen LogP contribution in [0.4, 0.5) is 4.79 Å². The van der Waals surface area contributed by atoms with Crippen LogP contribution in [0.15, 0.2) is 60.7 Å². The van der Waals surface area contributed by atoms with Crippen LogP contribution >= 0.6 is 0 Å². The van der Waals surface area contributed by atoms with Crippen LogP contribution in [0, 0.1) is 0 Å². The first-order chi connectivity index (χ1) is 13.3. The lowest BCUT2D eigenvalue weighted by molar-refractivity contribution is -0.0559. The number of nitrogens with zero attached hydrogens (tertiary/aromatic N) is 1. The Balaban J connectivity index is 1.38. The molecule has 2 saturated heterocycles. The summed E-state index contributed by atoms with van der Waals surface area (Å²) in [7, 11) is 0. The summed E-state index contributed by atoms with van der Waals surface area (Å²) in [6, 6.07) is 19.8. The van der Waals surface area contributed by atoms with Gasteiger partial charge in [0.25, 0.3) is 0 Å². The Morgan fingerprint density at radius 3 is 2.26 bits per heavy atom. The number of likely N-dealkylation sites (tertiary alicyclic amines) is 1. The molecule has 2 fully saturated rings. The second-order valence-corrected chi connectivity index (χ2v) is 7.07. The van der Waals surface area contributed by atoms with Crippen molar-refractivity contribution in [3.05, 3.63) is 71.8 Å². The van der Waals surface area contributed by atoms with E-state index in [0.717, 1.165) is 24.0 Å². The van der Waals surface area contributed by atoms with Crippen LogP contribution in [0.2, 0.25) is 0 Å². The van der Waals surface area contributed by atoms with Gasteiger partial charge in [-0.3, -0.25) is 4.90 Å². The van der Waals surface area contributed by atoms with Crippen molar-refractivity contribution in [1.29, 1.82) is 0 Å². The molecule has 5 heteroatoms. The average Bonchev–Trinajstić information content (AvgIpc) is 3.57. The molecule has 2 aromatic rings. The first kappa shape index (κ1) is 18.0. The van der Waals surface area contributed by atoms with Gasteiger partial charge in [-0.25, -0.2) is 4.79 Å². The van der Waals surface area contributed by atoms with E-state index in [2.05, 4.69) is 12.1 Å². The van der Waals surface area contributed by atoms with E-state index in [-0.39, 0.29) is 30.9 Å². The molecule has 1 amide bonds. The zero-order valence-corrected chi connectivity index (χ0v) is 15.3. The summed E-state index contributed by atoms with van der Waals surface area (Å²) in [6.45, 7) is 2.19. The van der Waals surface area contributed by atoms with Crippen LogP contribution < -0.4 is 0 Å². The van der Waals surface area contributed by atoms with Crippen molar-refractivity contribution in [3.8, 4) is 0 Å². The van der Waals surface area contributed by atoms with Crippen LogP contribution in [-0.4, -0.2) is 42.4 Å². The lowest BCUT2D eigenvalue weighted by Crippen LogP contribution is -2.54. The number of hydrogen-bond acceptors (Lipinski definition) is 4. The first-order valence-corrected chi connectivity index (χ1v) is 9.56. The number of carbonyl (C=O) groups is 1. The largest absolute Gasteiger partial charge is 0.445 e. The van der Waals surface area contributed by atoms with Crippen molar-refractivity contribution in [2.75, 3.05) is 13.2 Å². The topological polar surface area (TPSA) is 51.3 Å². The number of ether oxygens (including phenoxy) is 3. The van der Waals surface area contributed by atoms with Gasteiger partial charge in [0.05, 0.1) is 25.4 Å². The Morgan fingerprint density at radius 2 is 1.63 bits per heavy atom. The fourth-order valence-corrected chi connectivity index (χ4v) is 3.65. The van der Waals surface area contributed by atoms with E-state index in [9.17, 15) is 4.79 Å². The lowest BCUT2D eigenvalue weighted by Gasteiger charge is -2.39. The number of carbonyl (C=O) groups excluding carboxylic acids is 1. The molecule has 0 radical (unpaired) electrons. The van der Waals surface area contributed by atoms with Gasteiger partial charge < -0.3 is 14.2 Å². The third kappa shape index (κ3) is 4.67. The van der Waals surface area contributed by atoms with E-state index >= 15 is 0 Å². The maximum Gasteiger partial charge on any atom is 0.410 e. The minimum Gasteiger partial charge on any atom is -0.445 e. The quantitative estimate of drug-likeness (QED) is 0.729. The van der Waals surface area contributed by atoms with Crippen LogP contribution in [0.25, 0.3) is 0 Å². The van der Waals surface area contributed by atoms with E-state index in [1.165, 1.54) is 0 Å². The fraction of sp³-hybridized carbons (Fsp3) is 0.409.